The minimum atomic E-state index is -1.03. The van der Waals surface area contributed by atoms with Crippen LogP contribution >= 0.6 is 11.6 Å². The molecule has 1 atom stereocenters. The highest BCUT2D eigenvalue weighted by atomic mass is 35.5. The summed E-state index contributed by atoms with van der Waals surface area (Å²) in [6.45, 7) is 1.47. The van der Waals surface area contributed by atoms with Crippen molar-refractivity contribution in [3.63, 3.8) is 0 Å². The number of hydrogen-bond acceptors (Lipinski definition) is 7. The monoisotopic (exact) mass is 401 g/mol. The number of methoxy groups -OCH3 is 1. The second kappa shape index (κ2) is 8.49. The number of ether oxygens (including phenoxy) is 2. The van der Waals surface area contributed by atoms with Crippen molar-refractivity contribution < 1.29 is 19.1 Å². The van der Waals surface area contributed by atoms with Gasteiger partial charge in [0.2, 0.25) is 0 Å². The molecule has 0 radical (unpaired) electrons. The molecule has 1 N–H and O–H groups in total. The van der Waals surface area contributed by atoms with E-state index in [2.05, 4.69) is 20.8 Å². The lowest BCUT2D eigenvalue weighted by Crippen LogP contribution is -2.30. The number of tetrazole rings is 1. The highest BCUT2D eigenvalue weighted by molar-refractivity contribution is 6.31. The molecule has 0 aliphatic rings. The summed E-state index contributed by atoms with van der Waals surface area (Å²) in [7, 11) is 1.47. The van der Waals surface area contributed by atoms with Gasteiger partial charge in [-0.2, -0.15) is 0 Å². The van der Waals surface area contributed by atoms with Crippen molar-refractivity contribution in [2.24, 2.45) is 0 Å². The van der Waals surface area contributed by atoms with E-state index in [1.807, 2.05) is 0 Å². The number of benzene rings is 2. The van der Waals surface area contributed by atoms with E-state index in [9.17, 15) is 9.59 Å². The van der Waals surface area contributed by atoms with Gasteiger partial charge in [0.1, 0.15) is 12.1 Å². The van der Waals surface area contributed by atoms with Crippen LogP contribution in [0.3, 0.4) is 0 Å². The Morgan fingerprint density at radius 2 is 1.93 bits per heavy atom. The standard InChI is InChI=1S/C18H16ClN5O4/c1-11(17(25)21-15-9-13(19)5-8-16(15)27-2)28-18(26)12-3-6-14(7-4-12)24-10-20-22-23-24/h3-11H,1-2H3,(H,21,25)/t11-/m1/s1. The van der Waals surface area contributed by atoms with Crippen molar-refractivity contribution in [3.8, 4) is 11.4 Å². The largest absolute Gasteiger partial charge is 0.495 e. The molecular formula is C18H16ClN5O4. The first-order valence-electron chi connectivity index (χ1n) is 8.16. The maximum Gasteiger partial charge on any atom is 0.338 e. The number of anilines is 1. The fourth-order valence-electron chi connectivity index (χ4n) is 2.32. The third kappa shape index (κ3) is 4.44. The third-order valence-electron chi connectivity index (χ3n) is 3.79. The third-order valence-corrected chi connectivity index (χ3v) is 4.02. The van der Waals surface area contributed by atoms with Gasteiger partial charge in [0.25, 0.3) is 5.91 Å². The molecule has 9 nitrogen and oxygen atoms in total. The maximum atomic E-state index is 12.4. The number of carbonyl (C=O) groups is 2. The van der Waals surface area contributed by atoms with Crippen molar-refractivity contribution in [1.82, 2.24) is 20.2 Å². The van der Waals surface area contributed by atoms with Gasteiger partial charge in [-0.05, 0) is 59.8 Å². The van der Waals surface area contributed by atoms with Gasteiger partial charge in [0.05, 0.1) is 24.0 Å². The molecule has 3 rings (SSSR count). The fraction of sp³-hybridized carbons (Fsp3) is 0.167. The Morgan fingerprint density at radius 1 is 1.18 bits per heavy atom. The van der Waals surface area contributed by atoms with E-state index >= 15 is 0 Å². The van der Waals surface area contributed by atoms with Crippen molar-refractivity contribution in [1.29, 1.82) is 0 Å². The number of aromatic nitrogens is 4. The summed E-state index contributed by atoms with van der Waals surface area (Å²) in [5, 5.41) is 13.9. The molecule has 2 aromatic carbocycles. The average molecular weight is 402 g/mol. The Labute approximate surface area is 165 Å². The Kier molecular flexibility index (Phi) is 5.85. The summed E-state index contributed by atoms with van der Waals surface area (Å²) in [4.78, 5) is 24.6. The minimum Gasteiger partial charge on any atom is -0.495 e. The second-order valence-corrected chi connectivity index (χ2v) is 6.12. The number of hydrogen-bond donors (Lipinski definition) is 1. The van der Waals surface area contributed by atoms with E-state index < -0.39 is 18.0 Å². The molecule has 28 heavy (non-hydrogen) atoms. The quantitative estimate of drug-likeness (QED) is 0.632. The Morgan fingerprint density at radius 3 is 2.57 bits per heavy atom. The predicted octanol–water partition coefficient (Wildman–Crippen LogP) is 2.51. The number of carbonyl (C=O) groups excluding carboxylic acids is 2. The van der Waals surface area contributed by atoms with E-state index in [1.54, 1.807) is 42.5 Å². The van der Waals surface area contributed by atoms with Gasteiger partial charge < -0.3 is 14.8 Å². The molecule has 0 unspecified atom stereocenters. The molecule has 0 fully saturated rings. The normalized spacial score (nSPS) is 11.5. The van der Waals surface area contributed by atoms with Gasteiger partial charge in [-0.15, -0.1) is 5.10 Å². The van der Waals surface area contributed by atoms with Crippen molar-refractivity contribution >= 4 is 29.2 Å². The van der Waals surface area contributed by atoms with Gasteiger partial charge in [0, 0.05) is 5.02 Å². The van der Waals surface area contributed by atoms with Crippen molar-refractivity contribution in [3.05, 3.63) is 59.4 Å². The molecule has 0 aliphatic heterocycles. The minimum absolute atomic E-state index is 0.289. The number of esters is 1. The van der Waals surface area contributed by atoms with Crippen LogP contribution in [0.25, 0.3) is 5.69 Å². The van der Waals surface area contributed by atoms with Gasteiger partial charge in [-0.3, -0.25) is 4.79 Å². The van der Waals surface area contributed by atoms with Gasteiger partial charge >= 0.3 is 5.97 Å². The Balaban J connectivity index is 1.63. The van der Waals surface area contributed by atoms with Crippen LogP contribution < -0.4 is 10.1 Å². The van der Waals surface area contributed by atoms with Gasteiger partial charge in [-0.25, -0.2) is 9.48 Å². The number of nitrogens with zero attached hydrogens (tertiary/aromatic N) is 4. The van der Waals surface area contributed by atoms with E-state index in [1.165, 1.54) is 25.0 Å². The molecule has 1 amide bonds. The summed E-state index contributed by atoms with van der Waals surface area (Å²) in [6, 6.07) is 11.3. The zero-order valence-corrected chi connectivity index (χ0v) is 15.8. The fourth-order valence-corrected chi connectivity index (χ4v) is 2.50. The number of amides is 1. The lowest BCUT2D eigenvalue weighted by Gasteiger charge is -2.15. The molecule has 0 saturated carbocycles. The van der Waals surface area contributed by atoms with E-state index in [4.69, 9.17) is 21.1 Å². The maximum absolute atomic E-state index is 12.4. The van der Waals surface area contributed by atoms with E-state index in [0.717, 1.165) is 0 Å². The molecular weight excluding hydrogens is 386 g/mol. The first-order chi connectivity index (χ1) is 13.5. The van der Waals surface area contributed by atoms with Crippen LogP contribution in [0.5, 0.6) is 5.75 Å². The van der Waals surface area contributed by atoms with Crippen LogP contribution in [0.1, 0.15) is 17.3 Å². The summed E-state index contributed by atoms with van der Waals surface area (Å²) < 4.78 is 11.9. The second-order valence-electron chi connectivity index (χ2n) is 5.68. The SMILES string of the molecule is COc1ccc(Cl)cc1NC(=O)[C@@H](C)OC(=O)c1ccc(-n2cnnn2)cc1. The zero-order valence-electron chi connectivity index (χ0n) is 15.0. The van der Waals surface area contributed by atoms with Crippen LogP contribution in [0.4, 0.5) is 5.69 Å². The zero-order chi connectivity index (χ0) is 20.1. The number of rotatable bonds is 6. The van der Waals surface area contributed by atoms with Crippen LogP contribution in [-0.2, 0) is 9.53 Å². The van der Waals surface area contributed by atoms with E-state index in [0.29, 0.717) is 22.1 Å². The first-order valence-corrected chi connectivity index (χ1v) is 8.54. The smallest absolute Gasteiger partial charge is 0.338 e. The summed E-state index contributed by atoms with van der Waals surface area (Å²) in [5.74, 6) is -0.710. The molecule has 0 saturated heterocycles. The molecule has 1 aromatic heterocycles. The first kappa shape index (κ1) is 19.3. The molecule has 0 bridgehead atoms. The average Bonchev–Trinajstić information content (AvgIpc) is 3.23. The van der Waals surface area contributed by atoms with E-state index in [-0.39, 0.29) is 5.56 Å². The molecule has 0 spiro atoms. The van der Waals surface area contributed by atoms with Crippen molar-refractivity contribution in [2.75, 3.05) is 12.4 Å². The Bertz CT molecular complexity index is 976. The summed E-state index contributed by atoms with van der Waals surface area (Å²) >= 11 is 5.94. The summed E-state index contributed by atoms with van der Waals surface area (Å²) in [6.07, 6.45) is 0.402. The number of nitrogens with one attached hydrogen (secondary N) is 1. The summed E-state index contributed by atoms with van der Waals surface area (Å²) in [5.41, 5.74) is 1.35. The molecule has 10 heteroatoms. The lowest BCUT2D eigenvalue weighted by atomic mass is 10.2. The molecule has 144 valence electrons. The van der Waals surface area contributed by atoms with Crippen molar-refractivity contribution in [2.45, 2.75) is 13.0 Å². The Hall–Kier alpha value is -3.46. The predicted molar refractivity (Wildman–Crippen MR) is 101 cm³/mol. The van der Waals surface area contributed by atoms with Crippen LogP contribution in [0, 0.1) is 0 Å². The van der Waals surface area contributed by atoms with Crippen LogP contribution in [0.15, 0.2) is 48.8 Å². The van der Waals surface area contributed by atoms with Crippen LogP contribution in [0.2, 0.25) is 5.02 Å². The molecule has 3 aromatic rings. The van der Waals surface area contributed by atoms with Crippen LogP contribution in [-0.4, -0.2) is 45.3 Å². The highest BCUT2D eigenvalue weighted by Crippen LogP contribution is 2.27. The van der Waals surface area contributed by atoms with Gasteiger partial charge in [-0.1, -0.05) is 11.6 Å². The van der Waals surface area contributed by atoms with Gasteiger partial charge in [0.15, 0.2) is 6.10 Å². The highest BCUT2D eigenvalue weighted by Gasteiger charge is 2.20. The lowest BCUT2D eigenvalue weighted by molar-refractivity contribution is -0.123. The topological polar surface area (TPSA) is 108 Å². The molecule has 1 heterocycles. The number of halogens is 1. The molecule has 0 aliphatic carbocycles.